The van der Waals surface area contributed by atoms with E-state index in [1.54, 1.807) is 6.92 Å². The predicted octanol–water partition coefficient (Wildman–Crippen LogP) is 0.943. The molecular formula is C6H9N3OS2. The van der Waals surface area contributed by atoms with Crippen LogP contribution in [-0.2, 0) is 11.2 Å². The highest BCUT2D eigenvalue weighted by Gasteiger charge is 2.01. The molecule has 0 saturated carbocycles. The molecule has 0 atom stereocenters. The van der Waals surface area contributed by atoms with Crippen LogP contribution in [0.15, 0.2) is 0 Å². The summed E-state index contributed by atoms with van der Waals surface area (Å²) in [5.41, 5.74) is 5.38. The summed E-state index contributed by atoms with van der Waals surface area (Å²) in [6.07, 6.45) is 0.763. The van der Waals surface area contributed by atoms with Gasteiger partial charge < -0.3 is 5.73 Å². The lowest BCUT2D eigenvalue weighted by Crippen LogP contribution is -1.90. The first kappa shape index (κ1) is 9.47. The maximum Gasteiger partial charge on any atom is 0.203 e. The van der Waals surface area contributed by atoms with Gasteiger partial charge in [0.1, 0.15) is 5.01 Å². The average Bonchev–Trinajstić information content (AvgIpc) is 2.35. The Morgan fingerprint density at radius 1 is 1.67 bits per heavy atom. The smallest absolute Gasteiger partial charge is 0.203 e. The molecule has 6 heteroatoms. The van der Waals surface area contributed by atoms with Gasteiger partial charge in [-0.3, -0.25) is 4.79 Å². The van der Waals surface area contributed by atoms with Crippen LogP contribution in [0.1, 0.15) is 11.9 Å². The lowest BCUT2D eigenvalue weighted by Gasteiger charge is -1.91. The van der Waals surface area contributed by atoms with Gasteiger partial charge >= 0.3 is 0 Å². The number of carbonyl (C=O) groups excluding carboxylic acids is 1. The molecule has 0 aliphatic rings. The number of aromatic nitrogens is 2. The molecule has 0 fully saturated rings. The Labute approximate surface area is 78.6 Å². The van der Waals surface area contributed by atoms with E-state index in [0.717, 1.165) is 17.2 Å². The van der Waals surface area contributed by atoms with E-state index in [1.807, 2.05) is 0 Å². The predicted molar refractivity (Wildman–Crippen MR) is 51.2 cm³/mol. The molecule has 0 spiro atoms. The quantitative estimate of drug-likeness (QED) is 0.791. The molecule has 0 aliphatic heterocycles. The molecule has 1 heterocycles. The molecule has 1 aromatic rings. The highest BCUT2D eigenvalue weighted by Crippen LogP contribution is 2.13. The number of thioether (sulfide) groups is 1. The second-order valence-electron chi connectivity index (χ2n) is 2.12. The van der Waals surface area contributed by atoms with Crippen LogP contribution in [0.25, 0.3) is 0 Å². The van der Waals surface area contributed by atoms with E-state index in [4.69, 9.17) is 5.73 Å². The summed E-state index contributed by atoms with van der Waals surface area (Å²) in [6, 6.07) is 0. The van der Waals surface area contributed by atoms with E-state index in [9.17, 15) is 4.79 Å². The summed E-state index contributed by atoms with van der Waals surface area (Å²) >= 11 is 2.66. The van der Waals surface area contributed by atoms with Crippen molar-refractivity contribution in [1.82, 2.24) is 10.2 Å². The van der Waals surface area contributed by atoms with Crippen LogP contribution in [0.5, 0.6) is 0 Å². The second kappa shape index (κ2) is 4.42. The number of rotatable bonds is 3. The summed E-state index contributed by atoms with van der Waals surface area (Å²) in [6.45, 7) is 1.55. The Morgan fingerprint density at radius 2 is 2.42 bits per heavy atom. The fourth-order valence-electron chi connectivity index (χ4n) is 0.650. The summed E-state index contributed by atoms with van der Waals surface area (Å²) in [5.74, 6) is 0.754. The van der Waals surface area contributed by atoms with Gasteiger partial charge in [-0.05, 0) is 0 Å². The Morgan fingerprint density at radius 3 is 2.92 bits per heavy atom. The maximum atomic E-state index is 10.5. The maximum absolute atomic E-state index is 10.5. The van der Waals surface area contributed by atoms with Gasteiger partial charge in [0.2, 0.25) is 5.13 Å². The van der Waals surface area contributed by atoms with Gasteiger partial charge in [-0.2, -0.15) is 0 Å². The van der Waals surface area contributed by atoms with Gasteiger partial charge in [-0.25, -0.2) is 0 Å². The van der Waals surface area contributed by atoms with Gasteiger partial charge in [0, 0.05) is 19.1 Å². The van der Waals surface area contributed by atoms with Gasteiger partial charge in [-0.1, -0.05) is 23.1 Å². The molecule has 0 amide bonds. The van der Waals surface area contributed by atoms with Gasteiger partial charge in [-0.15, -0.1) is 10.2 Å². The van der Waals surface area contributed by atoms with Crippen molar-refractivity contribution in [3.63, 3.8) is 0 Å². The third-order valence-corrected chi connectivity index (χ3v) is 2.73. The molecule has 0 aromatic carbocycles. The third kappa shape index (κ3) is 3.19. The molecule has 0 bridgehead atoms. The van der Waals surface area contributed by atoms with E-state index >= 15 is 0 Å². The van der Waals surface area contributed by atoms with Crippen molar-refractivity contribution in [1.29, 1.82) is 0 Å². The number of hydrogen-bond donors (Lipinski definition) is 1. The Kier molecular flexibility index (Phi) is 3.48. The van der Waals surface area contributed by atoms with E-state index in [-0.39, 0.29) is 5.12 Å². The molecule has 2 N–H and O–H groups in total. The van der Waals surface area contributed by atoms with E-state index in [2.05, 4.69) is 10.2 Å². The Bertz CT molecular complexity index is 274. The first-order valence-electron chi connectivity index (χ1n) is 3.39. The van der Waals surface area contributed by atoms with Crippen LogP contribution in [0, 0.1) is 0 Å². The lowest BCUT2D eigenvalue weighted by molar-refractivity contribution is -0.109. The number of nitrogen functional groups attached to an aromatic ring is 1. The Balaban J connectivity index is 2.29. The van der Waals surface area contributed by atoms with Crippen molar-refractivity contribution in [3.05, 3.63) is 5.01 Å². The number of hydrogen-bond acceptors (Lipinski definition) is 6. The average molecular weight is 203 g/mol. The molecule has 0 radical (unpaired) electrons. The SMILES string of the molecule is CC(=O)SCCc1nnc(N)s1. The van der Waals surface area contributed by atoms with Crippen LogP contribution in [0.4, 0.5) is 5.13 Å². The van der Waals surface area contributed by atoms with E-state index in [0.29, 0.717) is 5.13 Å². The van der Waals surface area contributed by atoms with Crippen molar-refractivity contribution in [2.75, 3.05) is 11.5 Å². The normalized spacial score (nSPS) is 10.1. The molecule has 12 heavy (non-hydrogen) atoms. The van der Waals surface area contributed by atoms with E-state index in [1.165, 1.54) is 23.1 Å². The van der Waals surface area contributed by atoms with Gasteiger partial charge in [0.15, 0.2) is 5.12 Å². The van der Waals surface area contributed by atoms with Crippen molar-refractivity contribution in [2.24, 2.45) is 0 Å². The van der Waals surface area contributed by atoms with E-state index < -0.39 is 0 Å². The fourth-order valence-corrected chi connectivity index (χ4v) is 1.97. The molecule has 0 unspecified atom stereocenters. The van der Waals surface area contributed by atoms with Gasteiger partial charge in [0.05, 0.1) is 0 Å². The molecule has 1 rings (SSSR count). The zero-order valence-electron chi connectivity index (χ0n) is 6.61. The molecular weight excluding hydrogens is 194 g/mol. The molecule has 0 saturated heterocycles. The van der Waals surface area contributed by atoms with Crippen LogP contribution in [0.2, 0.25) is 0 Å². The number of nitrogens with two attached hydrogens (primary N) is 1. The number of carbonyl (C=O) groups is 1. The molecule has 0 aliphatic carbocycles. The number of anilines is 1. The Hall–Kier alpha value is -0.620. The summed E-state index contributed by atoms with van der Waals surface area (Å²) in [4.78, 5) is 10.5. The molecule has 1 aromatic heterocycles. The minimum Gasteiger partial charge on any atom is -0.374 e. The summed E-state index contributed by atoms with van der Waals surface area (Å²) < 4.78 is 0. The number of nitrogens with zero attached hydrogens (tertiary/aromatic N) is 2. The monoisotopic (exact) mass is 203 g/mol. The highest BCUT2D eigenvalue weighted by atomic mass is 32.2. The highest BCUT2D eigenvalue weighted by molar-refractivity contribution is 8.13. The fraction of sp³-hybridized carbons (Fsp3) is 0.500. The lowest BCUT2D eigenvalue weighted by atomic mass is 10.5. The van der Waals surface area contributed by atoms with Crippen molar-refractivity contribution >= 4 is 33.3 Å². The minimum atomic E-state index is 0.132. The summed E-state index contributed by atoms with van der Waals surface area (Å²) in [5, 5.41) is 9.00. The van der Waals surface area contributed by atoms with Crippen molar-refractivity contribution in [3.8, 4) is 0 Å². The minimum absolute atomic E-state index is 0.132. The standard InChI is InChI=1S/C6H9N3OS2/c1-4(10)11-3-2-5-8-9-6(7)12-5/h2-3H2,1H3,(H2,7,9). The van der Waals surface area contributed by atoms with Crippen LogP contribution < -0.4 is 5.73 Å². The van der Waals surface area contributed by atoms with Crippen LogP contribution in [0.3, 0.4) is 0 Å². The third-order valence-electron chi connectivity index (χ3n) is 1.10. The van der Waals surface area contributed by atoms with Crippen LogP contribution in [-0.4, -0.2) is 21.1 Å². The first-order chi connectivity index (χ1) is 5.68. The van der Waals surface area contributed by atoms with Gasteiger partial charge in [0.25, 0.3) is 0 Å². The van der Waals surface area contributed by atoms with Crippen molar-refractivity contribution in [2.45, 2.75) is 13.3 Å². The zero-order chi connectivity index (χ0) is 8.97. The van der Waals surface area contributed by atoms with Crippen LogP contribution >= 0.6 is 23.1 Å². The topological polar surface area (TPSA) is 68.9 Å². The largest absolute Gasteiger partial charge is 0.374 e. The van der Waals surface area contributed by atoms with Crippen molar-refractivity contribution < 1.29 is 4.79 Å². The zero-order valence-corrected chi connectivity index (χ0v) is 8.24. The molecule has 66 valence electrons. The first-order valence-corrected chi connectivity index (χ1v) is 5.20. The second-order valence-corrected chi connectivity index (χ2v) is 4.49. The number of aryl methyl sites for hydroxylation is 1. The summed E-state index contributed by atoms with van der Waals surface area (Å²) in [7, 11) is 0. The molecule has 4 nitrogen and oxygen atoms in total.